The minimum Gasteiger partial charge on any atom is -0.390 e. The summed E-state index contributed by atoms with van der Waals surface area (Å²) in [4.78, 5) is 8.47. The van der Waals surface area contributed by atoms with E-state index in [1.165, 1.54) is 6.07 Å². The van der Waals surface area contributed by atoms with E-state index in [0.29, 0.717) is 17.1 Å². The van der Waals surface area contributed by atoms with E-state index in [1.807, 2.05) is 37.4 Å². The van der Waals surface area contributed by atoms with Crippen LogP contribution in [0.3, 0.4) is 0 Å². The molecule has 0 aliphatic carbocycles. The summed E-state index contributed by atoms with van der Waals surface area (Å²) in [5.74, 6) is -0.208. The van der Waals surface area contributed by atoms with Crippen molar-refractivity contribution < 1.29 is 4.39 Å². The van der Waals surface area contributed by atoms with E-state index in [2.05, 4.69) is 39.3 Å². The fourth-order valence-electron chi connectivity index (χ4n) is 3.38. The van der Waals surface area contributed by atoms with Crippen molar-refractivity contribution in [2.75, 3.05) is 7.05 Å². The van der Waals surface area contributed by atoms with Crippen LogP contribution in [0.2, 0.25) is 5.15 Å². The topological polar surface area (TPSA) is 49.8 Å². The minimum atomic E-state index is -0.208. The second-order valence-electron chi connectivity index (χ2n) is 7.22. The summed E-state index contributed by atoms with van der Waals surface area (Å²) in [7, 11) is 1.86. The van der Waals surface area contributed by atoms with Gasteiger partial charge in [-0.25, -0.2) is 9.37 Å². The van der Waals surface area contributed by atoms with Crippen LogP contribution < -0.4 is 10.6 Å². The fraction of sp³-hybridized carbons (Fsp3) is 0.250. The molecule has 2 aromatic carbocycles. The Balaban J connectivity index is 1.89. The second kappa shape index (κ2) is 10.3. The van der Waals surface area contributed by atoms with Crippen molar-refractivity contribution >= 4 is 11.6 Å². The minimum absolute atomic E-state index is 0.0444. The molecule has 0 fully saturated rings. The molecule has 30 heavy (non-hydrogen) atoms. The molecule has 6 heteroatoms. The van der Waals surface area contributed by atoms with Crippen LogP contribution in [0.15, 0.2) is 73.2 Å². The number of nitrogens with zero attached hydrogens (tertiary/aromatic N) is 2. The van der Waals surface area contributed by atoms with Gasteiger partial charge in [-0.15, -0.1) is 0 Å². The summed E-state index contributed by atoms with van der Waals surface area (Å²) >= 11 is 5.85. The molecular weight excluding hydrogens is 399 g/mol. The van der Waals surface area contributed by atoms with Gasteiger partial charge in [-0.05, 0) is 42.5 Å². The quantitative estimate of drug-likeness (QED) is 0.488. The Morgan fingerprint density at radius 2 is 1.87 bits per heavy atom. The number of likely N-dealkylation sites (N-methyl/N-ethyl adjacent to an activating group) is 1. The lowest BCUT2D eigenvalue weighted by atomic mass is 9.96. The van der Waals surface area contributed by atoms with Gasteiger partial charge >= 0.3 is 0 Å². The van der Waals surface area contributed by atoms with E-state index >= 15 is 0 Å². The molecule has 0 bridgehead atoms. The third-order valence-corrected chi connectivity index (χ3v) is 5.31. The van der Waals surface area contributed by atoms with Crippen molar-refractivity contribution in [3.8, 4) is 0 Å². The van der Waals surface area contributed by atoms with Crippen LogP contribution in [0, 0.1) is 12.7 Å². The molecule has 4 nitrogen and oxygen atoms in total. The normalized spacial score (nSPS) is 12.9. The number of rotatable bonds is 9. The summed E-state index contributed by atoms with van der Waals surface area (Å²) in [5.41, 5.74) is 4.45. The summed E-state index contributed by atoms with van der Waals surface area (Å²) in [6.07, 6.45) is 4.70. The smallest absolute Gasteiger partial charge is 0.147 e. The van der Waals surface area contributed by atoms with E-state index in [9.17, 15) is 4.39 Å². The van der Waals surface area contributed by atoms with Crippen molar-refractivity contribution in [2.24, 2.45) is 0 Å². The zero-order valence-corrected chi connectivity index (χ0v) is 18.0. The molecule has 0 aliphatic heterocycles. The molecule has 0 radical (unpaired) electrons. The van der Waals surface area contributed by atoms with Gasteiger partial charge in [0.15, 0.2) is 0 Å². The summed E-state index contributed by atoms with van der Waals surface area (Å²) in [5, 5.41) is 7.25. The predicted octanol–water partition coefficient (Wildman–Crippen LogP) is 5.32. The third kappa shape index (κ3) is 5.65. The first-order valence-electron chi connectivity index (χ1n) is 9.88. The van der Waals surface area contributed by atoms with E-state index in [0.717, 1.165) is 28.9 Å². The molecule has 0 aliphatic rings. The molecule has 1 aromatic heterocycles. The van der Waals surface area contributed by atoms with Gasteiger partial charge in [0.2, 0.25) is 0 Å². The van der Waals surface area contributed by atoms with Crippen molar-refractivity contribution in [1.82, 2.24) is 20.6 Å². The van der Waals surface area contributed by atoms with Crippen LogP contribution in [0.25, 0.3) is 0 Å². The highest BCUT2D eigenvalue weighted by molar-refractivity contribution is 6.29. The van der Waals surface area contributed by atoms with Gasteiger partial charge in [-0.3, -0.25) is 10.3 Å². The van der Waals surface area contributed by atoms with Gasteiger partial charge in [-0.2, -0.15) is 0 Å². The SMILES string of the molecule is C=C(NC)[C@H](N[C@H](CCc1cnc(Cl)cn1)c1ccc(F)c(C)c1)c1ccccc1. The third-order valence-electron chi connectivity index (χ3n) is 5.12. The molecular formula is C24H26ClFN4. The van der Waals surface area contributed by atoms with Gasteiger partial charge in [0.1, 0.15) is 11.0 Å². The molecule has 3 rings (SSSR count). The van der Waals surface area contributed by atoms with Gasteiger partial charge < -0.3 is 5.32 Å². The number of nitrogens with one attached hydrogen (secondary N) is 2. The van der Waals surface area contributed by atoms with Crippen LogP contribution in [0.5, 0.6) is 0 Å². The number of hydrogen-bond donors (Lipinski definition) is 2. The standard InChI is InChI=1S/C24H26ClFN4/c1-16-13-19(9-11-21(16)26)22(12-10-20-14-29-23(25)15-28-20)30-24(17(2)27-3)18-7-5-4-6-8-18/h4-9,11,13-15,22,24,27,30H,2,10,12H2,1,3H3/t22-,24+/m1/s1. The number of hydrogen-bond acceptors (Lipinski definition) is 4. The summed E-state index contributed by atoms with van der Waals surface area (Å²) in [6, 6.07) is 15.2. The number of aryl methyl sites for hydroxylation is 2. The Kier molecular flexibility index (Phi) is 7.55. The average molecular weight is 425 g/mol. The summed E-state index contributed by atoms with van der Waals surface area (Å²) in [6.45, 7) is 5.97. The zero-order valence-electron chi connectivity index (χ0n) is 17.2. The van der Waals surface area contributed by atoms with E-state index in [1.54, 1.807) is 19.3 Å². The van der Waals surface area contributed by atoms with Crippen LogP contribution in [-0.2, 0) is 6.42 Å². The Bertz CT molecular complexity index is 976. The largest absolute Gasteiger partial charge is 0.390 e. The lowest BCUT2D eigenvalue weighted by molar-refractivity contribution is 0.443. The van der Waals surface area contributed by atoms with Crippen LogP contribution in [0.4, 0.5) is 4.39 Å². The molecule has 0 unspecified atom stereocenters. The highest BCUT2D eigenvalue weighted by atomic mass is 35.5. The highest BCUT2D eigenvalue weighted by Crippen LogP contribution is 2.28. The molecule has 0 amide bonds. The monoisotopic (exact) mass is 424 g/mol. The van der Waals surface area contributed by atoms with Crippen molar-refractivity contribution in [1.29, 1.82) is 0 Å². The van der Waals surface area contributed by atoms with Crippen molar-refractivity contribution in [3.63, 3.8) is 0 Å². The second-order valence-corrected chi connectivity index (χ2v) is 7.60. The Morgan fingerprint density at radius 1 is 1.10 bits per heavy atom. The fourth-order valence-corrected chi connectivity index (χ4v) is 3.48. The maximum atomic E-state index is 13.9. The molecule has 0 spiro atoms. The first kappa shape index (κ1) is 21.9. The van der Waals surface area contributed by atoms with Crippen molar-refractivity contribution in [2.45, 2.75) is 31.8 Å². The van der Waals surface area contributed by atoms with Gasteiger partial charge in [0.25, 0.3) is 0 Å². The van der Waals surface area contributed by atoms with Crippen molar-refractivity contribution in [3.05, 3.63) is 107 Å². The first-order chi connectivity index (χ1) is 14.5. The van der Waals surface area contributed by atoms with Gasteiger partial charge in [-0.1, -0.05) is 60.6 Å². The molecule has 0 saturated carbocycles. The highest BCUT2D eigenvalue weighted by Gasteiger charge is 2.21. The number of aromatic nitrogens is 2. The molecule has 3 aromatic rings. The summed E-state index contributed by atoms with van der Waals surface area (Å²) < 4.78 is 13.9. The molecule has 1 heterocycles. The van der Waals surface area contributed by atoms with E-state index < -0.39 is 0 Å². The predicted molar refractivity (Wildman–Crippen MR) is 120 cm³/mol. The zero-order chi connectivity index (χ0) is 21.5. The van der Waals surface area contributed by atoms with Crippen LogP contribution in [0.1, 0.15) is 40.9 Å². The van der Waals surface area contributed by atoms with Crippen LogP contribution >= 0.6 is 11.6 Å². The van der Waals surface area contributed by atoms with Gasteiger partial charge in [0, 0.05) is 18.8 Å². The molecule has 0 saturated heterocycles. The molecule has 2 atom stereocenters. The lowest BCUT2D eigenvalue weighted by Crippen LogP contribution is -2.31. The molecule has 2 N–H and O–H groups in total. The average Bonchev–Trinajstić information content (AvgIpc) is 2.77. The van der Waals surface area contributed by atoms with Crippen LogP contribution in [-0.4, -0.2) is 17.0 Å². The van der Waals surface area contributed by atoms with Gasteiger partial charge in [0.05, 0.1) is 24.1 Å². The molecule has 156 valence electrons. The maximum Gasteiger partial charge on any atom is 0.147 e. The maximum absolute atomic E-state index is 13.9. The Labute approximate surface area is 182 Å². The Hall–Kier alpha value is -2.76. The van der Waals surface area contributed by atoms with E-state index in [-0.39, 0.29) is 17.9 Å². The lowest BCUT2D eigenvalue weighted by Gasteiger charge is -2.28. The first-order valence-corrected chi connectivity index (χ1v) is 10.3. The number of halogens is 2. The Morgan fingerprint density at radius 3 is 2.50 bits per heavy atom. The number of benzene rings is 2. The van der Waals surface area contributed by atoms with E-state index in [4.69, 9.17) is 11.6 Å².